The van der Waals surface area contributed by atoms with E-state index < -0.39 is 0 Å². The average molecular weight is 329 g/mol. The summed E-state index contributed by atoms with van der Waals surface area (Å²) in [4.78, 5) is 14.7. The van der Waals surface area contributed by atoms with Gasteiger partial charge in [0.15, 0.2) is 0 Å². The molecule has 5 nitrogen and oxygen atoms in total. The zero-order chi connectivity index (χ0) is 15.6. The van der Waals surface area contributed by atoms with Crippen molar-refractivity contribution in [1.82, 2.24) is 20.0 Å². The van der Waals surface area contributed by atoms with Crippen molar-refractivity contribution in [1.29, 1.82) is 0 Å². The lowest BCUT2D eigenvalue weighted by Gasteiger charge is -2.32. The molecule has 0 radical (unpaired) electrons. The summed E-state index contributed by atoms with van der Waals surface area (Å²) in [6.07, 6.45) is 3.89. The van der Waals surface area contributed by atoms with Crippen molar-refractivity contribution in [2.75, 3.05) is 26.7 Å². The molecule has 1 saturated heterocycles. The zero-order valence-electron chi connectivity index (χ0n) is 14.3. The molecule has 1 fully saturated rings. The minimum atomic E-state index is -0.0948. The Balaban J connectivity index is 0.00000242. The molecule has 2 heterocycles. The van der Waals surface area contributed by atoms with Crippen LogP contribution in [0, 0.1) is 12.8 Å². The number of nitrogens with zero attached hydrogens (tertiary/aromatic N) is 3. The normalized spacial score (nSPS) is 16.5. The number of hydrogen-bond donors (Lipinski definition) is 1. The smallest absolute Gasteiger partial charge is 0.257 e. The maximum absolute atomic E-state index is 12.7. The van der Waals surface area contributed by atoms with Crippen LogP contribution in [0.4, 0.5) is 0 Å². The van der Waals surface area contributed by atoms with Crippen molar-refractivity contribution in [3.05, 3.63) is 17.5 Å². The van der Waals surface area contributed by atoms with Crippen molar-refractivity contribution in [2.24, 2.45) is 5.92 Å². The molecular weight excluding hydrogens is 300 g/mol. The van der Waals surface area contributed by atoms with Gasteiger partial charge < -0.3 is 10.2 Å². The molecule has 0 saturated carbocycles. The van der Waals surface area contributed by atoms with Gasteiger partial charge in [0.05, 0.1) is 17.3 Å². The van der Waals surface area contributed by atoms with Gasteiger partial charge in [0.25, 0.3) is 5.91 Å². The van der Waals surface area contributed by atoms with E-state index in [0.29, 0.717) is 5.92 Å². The molecule has 1 aromatic rings. The number of carbonyl (C=O) groups is 1. The second-order valence-corrected chi connectivity index (χ2v) is 7.02. The molecule has 0 spiro atoms. The Morgan fingerprint density at radius 2 is 1.95 bits per heavy atom. The Labute approximate surface area is 139 Å². The lowest BCUT2D eigenvalue weighted by molar-refractivity contribution is 0.0690. The number of amides is 1. The topological polar surface area (TPSA) is 50.2 Å². The summed E-state index contributed by atoms with van der Waals surface area (Å²) in [7, 11) is 1.99. The first kappa shape index (κ1) is 19.0. The van der Waals surface area contributed by atoms with Gasteiger partial charge in [-0.2, -0.15) is 5.10 Å². The van der Waals surface area contributed by atoms with Gasteiger partial charge in [-0.15, -0.1) is 12.4 Å². The second kappa shape index (κ2) is 7.47. The second-order valence-electron chi connectivity index (χ2n) is 7.02. The monoisotopic (exact) mass is 328 g/mol. The minimum absolute atomic E-state index is 0. The third kappa shape index (κ3) is 4.02. The van der Waals surface area contributed by atoms with Gasteiger partial charge in [-0.3, -0.25) is 9.48 Å². The van der Waals surface area contributed by atoms with E-state index in [1.807, 2.05) is 23.6 Å². The third-order valence-corrected chi connectivity index (χ3v) is 4.27. The van der Waals surface area contributed by atoms with Crippen molar-refractivity contribution in [3.63, 3.8) is 0 Å². The van der Waals surface area contributed by atoms with Crippen molar-refractivity contribution in [3.8, 4) is 0 Å². The fourth-order valence-electron chi connectivity index (χ4n) is 3.10. The first-order valence-corrected chi connectivity index (χ1v) is 7.83. The molecule has 0 unspecified atom stereocenters. The van der Waals surface area contributed by atoms with Crippen molar-refractivity contribution < 1.29 is 4.79 Å². The van der Waals surface area contributed by atoms with E-state index in [1.54, 1.807) is 6.20 Å². The highest BCUT2D eigenvalue weighted by Crippen LogP contribution is 2.22. The first-order chi connectivity index (χ1) is 9.84. The van der Waals surface area contributed by atoms with Gasteiger partial charge in [0.2, 0.25) is 0 Å². The number of piperidine rings is 1. The van der Waals surface area contributed by atoms with Crippen LogP contribution in [0.25, 0.3) is 0 Å². The minimum Gasteiger partial charge on any atom is -0.339 e. The highest BCUT2D eigenvalue weighted by atomic mass is 35.5. The third-order valence-electron chi connectivity index (χ3n) is 4.27. The molecule has 126 valence electrons. The highest BCUT2D eigenvalue weighted by Gasteiger charge is 2.27. The number of hydrogen-bond acceptors (Lipinski definition) is 3. The van der Waals surface area contributed by atoms with Gasteiger partial charge in [0.1, 0.15) is 0 Å². The van der Waals surface area contributed by atoms with E-state index in [0.717, 1.165) is 43.7 Å². The lowest BCUT2D eigenvalue weighted by atomic mass is 9.96. The van der Waals surface area contributed by atoms with Crippen LogP contribution >= 0.6 is 12.4 Å². The van der Waals surface area contributed by atoms with Gasteiger partial charge in [-0.1, -0.05) is 0 Å². The van der Waals surface area contributed by atoms with Crippen molar-refractivity contribution >= 4 is 18.3 Å². The Bertz CT molecular complexity index is 499. The van der Waals surface area contributed by atoms with E-state index in [1.165, 1.54) is 0 Å². The largest absolute Gasteiger partial charge is 0.339 e. The zero-order valence-corrected chi connectivity index (χ0v) is 15.2. The standard InChI is InChI=1S/C16H28N4O.ClH/c1-12-14(11-18-20(12)16(2,3)4)15(21)19-8-6-13(7-9-19)10-17-5;/h11,13,17H,6-10H2,1-5H3;1H. The molecular formula is C16H29ClN4O. The van der Waals surface area contributed by atoms with Gasteiger partial charge in [-0.25, -0.2) is 0 Å². The number of rotatable bonds is 3. The summed E-state index contributed by atoms with van der Waals surface area (Å²) in [6.45, 7) is 11.0. The molecule has 6 heteroatoms. The number of halogens is 1. The fourth-order valence-corrected chi connectivity index (χ4v) is 3.10. The fraction of sp³-hybridized carbons (Fsp3) is 0.750. The highest BCUT2D eigenvalue weighted by molar-refractivity contribution is 5.95. The Morgan fingerprint density at radius 1 is 1.36 bits per heavy atom. The summed E-state index contributed by atoms with van der Waals surface area (Å²) in [5, 5.41) is 7.63. The summed E-state index contributed by atoms with van der Waals surface area (Å²) in [5.41, 5.74) is 1.62. The van der Waals surface area contributed by atoms with Crippen LogP contribution in [0.5, 0.6) is 0 Å². The maximum atomic E-state index is 12.7. The van der Waals surface area contributed by atoms with Crippen LogP contribution < -0.4 is 5.32 Å². The van der Waals surface area contributed by atoms with Crippen LogP contribution in [0.15, 0.2) is 6.20 Å². The Morgan fingerprint density at radius 3 is 2.41 bits per heavy atom. The van der Waals surface area contributed by atoms with E-state index >= 15 is 0 Å². The first-order valence-electron chi connectivity index (χ1n) is 7.83. The molecule has 1 amide bonds. The molecule has 0 aromatic carbocycles. The van der Waals surface area contributed by atoms with E-state index in [2.05, 4.69) is 31.2 Å². The summed E-state index contributed by atoms with van der Waals surface area (Å²) < 4.78 is 1.94. The van der Waals surface area contributed by atoms with Crippen molar-refractivity contribution in [2.45, 2.75) is 46.1 Å². The van der Waals surface area contributed by atoms with Crippen LogP contribution in [0.3, 0.4) is 0 Å². The molecule has 22 heavy (non-hydrogen) atoms. The molecule has 2 rings (SSSR count). The molecule has 1 aliphatic heterocycles. The molecule has 1 aliphatic rings. The number of likely N-dealkylation sites (tertiary alicyclic amines) is 1. The number of nitrogens with one attached hydrogen (secondary N) is 1. The predicted octanol–water partition coefficient (Wildman–Crippen LogP) is 2.44. The average Bonchev–Trinajstić information content (AvgIpc) is 2.81. The van der Waals surface area contributed by atoms with Crippen LogP contribution in [0.2, 0.25) is 0 Å². The van der Waals surface area contributed by atoms with Crippen LogP contribution in [-0.4, -0.2) is 47.3 Å². The summed E-state index contributed by atoms with van der Waals surface area (Å²) >= 11 is 0. The van der Waals surface area contributed by atoms with Crippen LogP contribution in [0.1, 0.15) is 49.7 Å². The molecule has 1 N–H and O–H groups in total. The predicted molar refractivity (Wildman–Crippen MR) is 91.8 cm³/mol. The lowest BCUT2D eigenvalue weighted by Crippen LogP contribution is -2.40. The molecule has 0 bridgehead atoms. The molecule has 1 aromatic heterocycles. The van der Waals surface area contributed by atoms with E-state index in [-0.39, 0.29) is 23.9 Å². The Hall–Kier alpha value is -1.07. The number of carbonyl (C=O) groups excluding carboxylic acids is 1. The van der Waals surface area contributed by atoms with Crippen LogP contribution in [-0.2, 0) is 5.54 Å². The Kier molecular flexibility index (Phi) is 6.44. The molecule has 0 aliphatic carbocycles. The van der Waals surface area contributed by atoms with E-state index in [4.69, 9.17) is 0 Å². The van der Waals surface area contributed by atoms with E-state index in [9.17, 15) is 4.79 Å². The maximum Gasteiger partial charge on any atom is 0.257 e. The van der Waals surface area contributed by atoms with Gasteiger partial charge in [-0.05, 0) is 60.0 Å². The number of aromatic nitrogens is 2. The SMILES string of the molecule is CNCC1CCN(C(=O)c2cnn(C(C)(C)C)c2C)CC1.Cl. The molecule has 0 atom stereocenters. The summed E-state index contributed by atoms with van der Waals surface area (Å²) in [6, 6.07) is 0. The van der Waals surface area contributed by atoms with Gasteiger partial charge >= 0.3 is 0 Å². The quantitative estimate of drug-likeness (QED) is 0.927. The summed E-state index contributed by atoms with van der Waals surface area (Å²) in [5.74, 6) is 0.823. The van der Waals surface area contributed by atoms with Gasteiger partial charge in [0, 0.05) is 18.8 Å².